The molecule has 2 aliphatic rings. The van der Waals surface area contributed by atoms with Crippen LogP contribution in [0, 0.1) is 0 Å². The molecule has 1 unspecified atom stereocenters. The van der Waals surface area contributed by atoms with E-state index >= 15 is 0 Å². The molecule has 1 aliphatic heterocycles. The first kappa shape index (κ1) is 21.0. The van der Waals surface area contributed by atoms with Crippen LogP contribution in [-0.2, 0) is 0 Å². The molecule has 32 heavy (non-hydrogen) atoms. The molecule has 1 saturated heterocycles. The lowest BCUT2D eigenvalue weighted by molar-refractivity contribution is 0.0695. The normalized spacial score (nSPS) is 18.7. The Morgan fingerprint density at radius 1 is 1.12 bits per heavy atom. The third kappa shape index (κ3) is 4.00. The number of carboxylic acids is 1. The minimum atomic E-state index is -1.18. The van der Waals surface area contributed by atoms with Crippen molar-refractivity contribution >= 4 is 52.0 Å². The lowest BCUT2D eigenvalue weighted by atomic mass is 10.1. The number of halogens is 2. The van der Waals surface area contributed by atoms with Gasteiger partial charge in [-0.25, -0.2) is 4.79 Å². The maximum atomic E-state index is 12.7. The molecule has 2 aromatic carbocycles. The second kappa shape index (κ2) is 8.26. The fourth-order valence-corrected chi connectivity index (χ4v) is 4.69. The SMILES string of the molecule is O=C(O)c1cn(C2CC2)c2cc(N3CCC(N=Cc4ccc(Cl)cc4Cl)C3)ccc2c1=O. The largest absolute Gasteiger partial charge is 0.477 e. The van der Waals surface area contributed by atoms with Gasteiger partial charge in [-0.05, 0) is 49.6 Å². The molecule has 2 heterocycles. The van der Waals surface area contributed by atoms with Crippen LogP contribution in [0.2, 0.25) is 10.0 Å². The number of aromatic carboxylic acids is 1. The average Bonchev–Trinajstić information content (AvgIpc) is 3.50. The van der Waals surface area contributed by atoms with Gasteiger partial charge in [-0.1, -0.05) is 29.3 Å². The van der Waals surface area contributed by atoms with Gasteiger partial charge in [0.05, 0.1) is 16.6 Å². The van der Waals surface area contributed by atoms with Crippen LogP contribution in [0.3, 0.4) is 0 Å². The first-order valence-electron chi connectivity index (χ1n) is 10.6. The van der Waals surface area contributed by atoms with Crippen LogP contribution in [0.1, 0.15) is 41.2 Å². The molecule has 1 N–H and O–H groups in total. The fourth-order valence-electron chi connectivity index (χ4n) is 4.23. The number of fused-ring (bicyclic) bond motifs is 1. The van der Waals surface area contributed by atoms with Crippen molar-refractivity contribution in [3.8, 4) is 0 Å². The van der Waals surface area contributed by atoms with Crippen molar-refractivity contribution < 1.29 is 9.90 Å². The van der Waals surface area contributed by atoms with Crippen molar-refractivity contribution in [1.29, 1.82) is 0 Å². The highest BCUT2D eigenvalue weighted by molar-refractivity contribution is 6.36. The molecule has 0 spiro atoms. The molecule has 164 valence electrons. The summed E-state index contributed by atoms with van der Waals surface area (Å²) in [4.78, 5) is 31.2. The van der Waals surface area contributed by atoms with E-state index in [-0.39, 0.29) is 17.6 Å². The predicted octanol–water partition coefficient (Wildman–Crippen LogP) is 5.04. The summed E-state index contributed by atoms with van der Waals surface area (Å²) in [7, 11) is 0. The van der Waals surface area contributed by atoms with Crippen LogP contribution in [-0.4, -0.2) is 41.0 Å². The molecular weight excluding hydrogens is 449 g/mol. The van der Waals surface area contributed by atoms with E-state index in [0.29, 0.717) is 15.4 Å². The number of nitrogens with zero attached hydrogens (tertiary/aromatic N) is 3. The van der Waals surface area contributed by atoms with Crippen molar-refractivity contribution in [2.75, 3.05) is 18.0 Å². The highest BCUT2D eigenvalue weighted by atomic mass is 35.5. The van der Waals surface area contributed by atoms with E-state index in [9.17, 15) is 14.7 Å². The van der Waals surface area contributed by atoms with Gasteiger partial charge in [0.25, 0.3) is 0 Å². The molecule has 0 bridgehead atoms. The number of aliphatic imine (C=N–C) groups is 1. The number of pyridine rings is 1. The fraction of sp³-hybridized carbons (Fsp3) is 0.292. The Morgan fingerprint density at radius 3 is 2.66 bits per heavy atom. The van der Waals surface area contributed by atoms with Gasteiger partial charge in [-0.2, -0.15) is 0 Å². The number of anilines is 1. The van der Waals surface area contributed by atoms with E-state index in [0.717, 1.165) is 49.1 Å². The predicted molar refractivity (Wildman–Crippen MR) is 128 cm³/mol. The lowest BCUT2D eigenvalue weighted by Crippen LogP contribution is -2.22. The van der Waals surface area contributed by atoms with Gasteiger partial charge in [0.2, 0.25) is 5.43 Å². The molecule has 8 heteroatoms. The van der Waals surface area contributed by atoms with Crippen molar-refractivity contribution in [2.24, 2.45) is 4.99 Å². The first-order chi connectivity index (χ1) is 15.4. The molecular formula is C24H21Cl2N3O3. The van der Waals surface area contributed by atoms with Crippen molar-refractivity contribution in [1.82, 2.24) is 4.57 Å². The van der Waals surface area contributed by atoms with Gasteiger partial charge in [0.1, 0.15) is 5.56 Å². The Hall–Kier alpha value is -2.83. The summed E-state index contributed by atoms with van der Waals surface area (Å²) in [5.41, 5.74) is 2.03. The van der Waals surface area contributed by atoms with Crippen molar-refractivity contribution in [3.05, 3.63) is 74.0 Å². The van der Waals surface area contributed by atoms with Crippen LogP contribution in [0.5, 0.6) is 0 Å². The monoisotopic (exact) mass is 469 g/mol. The van der Waals surface area contributed by atoms with E-state index in [1.807, 2.05) is 22.8 Å². The third-order valence-electron chi connectivity index (χ3n) is 6.10. The van der Waals surface area contributed by atoms with Crippen LogP contribution in [0.15, 0.2) is 52.4 Å². The van der Waals surface area contributed by atoms with E-state index < -0.39 is 11.4 Å². The van der Waals surface area contributed by atoms with Gasteiger partial charge in [0, 0.05) is 53.2 Å². The molecule has 6 nitrogen and oxygen atoms in total. The summed E-state index contributed by atoms with van der Waals surface area (Å²) in [6.07, 6.45) is 6.20. The number of benzene rings is 2. The van der Waals surface area contributed by atoms with Gasteiger partial charge in [-0.3, -0.25) is 9.79 Å². The van der Waals surface area contributed by atoms with E-state index in [1.54, 1.807) is 24.4 Å². The first-order valence-corrected chi connectivity index (χ1v) is 11.3. The Balaban J connectivity index is 1.41. The molecule has 2 fully saturated rings. The molecule has 1 atom stereocenters. The number of hydrogen-bond donors (Lipinski definition) is 1. The molecule has 1 saturated carbocycles. The summed E-state index contributed by atoms with van der Waals surface area (Å²) < 4.78 is 1.96. The molecule has 5 rings (SSSR count). The second-order valence-corrected chi connectivity index (χ2v) is 9.19. The smallest absolute Gasteiger partial charge is 0.341 e. The van der Waals surface area contributed by atoms with Crippen molar-refractivity contribution in [3.63, 3.8) is 0 Å². The van der Waals surface area contributed by atoms with Gasteiger partial charge in [-0.15, -0.1) is 0 Å². The summed E-state index contributed by atoms with van der Waals surface area (Å²) in [6.45, 7) is 1.61. The van der Waals surface area contributed by atoms with E-state index in [2.05, 4.69) is 4.90 Å². The Bertz CT molecular complexity index is 1310. The zero-order valence-electron chi connectivity index (χ0n) is 17.2. The molecule has 1 aliphatic carbocycles. The summed E-state index contributed by atoms with van der Waals surface area (Å²) >= 11 is 12.2. The Morgan fingerprint density at radius 2 is 1.94 bits per heavy atom. The lowest BCUT2D eigenvalue weighted by Gasteiger charge is -2.20. The van der Waals surface area contributed by atoms with E-state index in [1.165, 1.54) is 6.20 Å². The Labute approximate surface area is 194 Å². The third-order valence-corrected chi connectivity index (χ3v) is 6.67. The number of hydrogen-bond acceptors (Lipinski definition) is 4. The van der Waals surface area contributed by atoms with Crippen LogP contribution in [0.4, 0.5) is 5.69 Å². The maximum absolute atomic E-state index is 12.7. The summed E-state index contributed by atoms with van der Waals surface area (Å²) in [5.74, 6) is -1.18. The van der Waals surface area contributed by atoms with Gasteiger partial charge in [0.15, 0.2) is 0 Å². The summed E-state index contributed by atoms with van der Waals surface area (Å²) in [5, 5.41) is 11.0. The van der Waals surface area contributed by atoms with E-state index in [4.69, 9.17) is 28.2 Å². The minimum Gasteiger partial charge on any atom is -0.477 e. The van der Waals surface area contributed by atoms with Gasteiger partial charge >= 0.3 is 5.97 Å². The number of carbonyl (C=O) groups is 1. The maximum Gasteiger partial charge on any atom is 0.341 e. The standard InChI is InChI=1S/C24H21Cl2N3O3/c25-15-2-1-14(21(26)9-15)11-27-16-7-8-28(12-16)18-5-6-19-22(10-18)29(17-3-4-17)13-20(23(19)30)24(31)32/h1-2,5-6,9-11,13,16-17H,3-4,7-8,12H2,(H,31,32). The topological polar surface area (TPSA) is 74.9 Å². The zero-order valence-corrected chi connectivity index (χ0v) is 18.7. The second-order valence-electron chi connectivity index (χ2n) is 8.35. The zero-order chi connectivity index (χ0) is 22.4. The van der Waals surface area contributed by atoms with Crippen LogP contribution >= 0.6 is 23.2 Å². The molecule has 1 aromatic heterocycles. The minimum absolute atomic E-state index is 0.137. The quantitative estimate of drug-likeness (QED) is 0.531. The van der Waals surface area contributed by atoms with Gasteiger partial charge < -0.3 is 14.6 Å². The number of aromatic nitrogens is 1. The molecule has 0 radical (unpaired) electrons. The average molecular weight is 470 g/mol. The number of carboxylic acid groups (broad SMARTS) is 1. The van der Waals surface area contributed by atoms with Crippen LogP contribution in [0.25, 0.3) is 10.9 Å². The van der Waals surface area contributed by atoms with Crippen LogP contribution < -0.4 is 10.3 Å². The highest BCUT2D eigenvalue weighted by Crippen LogP contribution is 2.38. The Kier molecular flexibility index (Phi) is 5.43. The molecule has 0 amide bonds. The van der Waals surface area contributed by atoms with Crippen molar-refractivity contribution in [2.45, 2.75) is 31.3 Å². The highest BCUT2D eigenvalue weighted by Gasteiger charge is 2.28. The number of rotatable bonds is 5. The summed E-state index contributed by atoms with van der Waals surface area (Å²) in [6, 6.07) is 11.4. The molecule has 3 aromatic rings.